The topological polar surface area (TPSA) is 107 Å². The van der Waals surface area contributed by atoms with E-state index in [2.05, 4.69) is 0 Å². The Morgan fingerprint density at radius 1 is 1.31 bits per heavy atom. The zero-order valence-electron chi connectivity index (χ0n) is 7.29. The van der Waals surface area contributed by atoms with Gasteiger partial charge >= 0.3 is 0 Å². The lowest BCUT2D eigenvalue weighted by Crippen LogP contribution is -2.30. The summed E-state index contributed by atoms with van der Waals surface area (Å²) in [6.45, 7) is 1.79. The number of nitrogens with two attached hydrogens (primary N) is 3. The number of carbonyl (C=O) groups excluding carboxylic acids is 1. The zero-order valence-corrected chi connectivity index (χ0v) is 7.29. The maximum Gasteiger partial charge on any atom is 0.265 e. The number of anilines is 2. The van der Waals surface area contributed by atoms with Crippen LogP contribution < -0.4 is 22.7 Å². The van der Waals surface area contributed by atoms with Crippen molar-refractivity contribution in [2.24, 2.45) is 5.84 Å². The molecular weight excluding hydrogens is 168 g/mol. The van der Waals surface area contributed by atoms with Gasteiger partial charge in [0.25, 0.3) is 5.91 Å². The summed E-state index contributed by atoms with van der Waals surface area (Å²) < 4.78 is 0. The van der Waals surface area contributed by atoms with Crippen molar-refractivity contribution in [3.05, 3.63) is 23.3 Å². The molecule has 1 aromatic rings. The molecule has 0 aliphatic carbocycles. The minimum absolute atomic E-state index is 0.364. The zero-order chi connectivity index (χ0) is 10.0. The van der Waals surface area contributed by atoms with E-state index >= 15 is 0 Å². The molecule has 0 bridgehead atoms. The number of nitrogens with one attached hydrogen (secondary N) is 1. The summed E-state index contributed by atoms with van der Waals surface area (Å²) in [5.41, 5.74) is 15.3. The van der Waals surface area contributed by atoms with Gasteiger partial charge in [0.2, 0.25) is 0 Å². The molecule has 0 atom stereocenters. The minimum Gasteiger partial charge on any atom is -0.398 e. The summed E-state index contributed by atoms with van der Waals surface area (Å²) in [6.07, 6.45) is 0. The smallest absolute Gasteiger partial charge is 0.265 e. The van der Waals surface area contributed by atoms with Crippen LogP contribution in [0.15, 0.2) is 12.1 Å². The SMILES string of the molecule is Cc1c(N)cc(C(=O)NN)cc1N. The third-order valence-electron chi connectivity index (χ3n) is 1.88. The molecule has 0 fully saturated rings. The van der Waals surface area contributed by atoms with Gasteiger partial charge in [-0.2, -0.15) is 0 Å². The van der Waals surface area contributed by atoms with Gasteiger partial charge in [0.1, 0.15) is 0 Å². The van der Waals surface area contributed by atoms with Crippen LogP contribution in [-0.4, -0.2) is 5.91 Å². The lowest BCUT2D eigenvalue weighted by atomic mass is 10.1. The van der Waals surface area contributed by atoms with Crippen LogP contribution in [0.3, 0.4) is 0 Å². The van der Waals surface area contributed by atoms with Crippen molar-refractivity contribution in [3.63, 3.8) is 0 Å². The Morgan fingerprint density at radius 2 is 1.77 bits per heavy atom. The second-order valence-corrected chi connectivity index (χ2v) is 2.75. The lowest BCUT2D eigenvalue weighted by Gasteiger charge is -2.07. The first-order chi connectivity index (χ1) is 6.06. The monoisotopic (exact) mass is 180 g/mol. The van der Waals surface area contributed by atoms with Crippen molar-refractivity contribution in [1.29, 1.82) is 0 Å². The molecule has 0 aliphatic heterocycles. The van der Waals surface area contributed by atoms with E-state index in [-0.39, 0.29) is 0 Å². The second-order valence-electron chi connectivity index (χ2n) is 2.75. The predicted molar refractivity (Wildman–Crippen MR) is 51.7 cm³/mol. The van der Waals surface area contributed by atoms with Crippen LogP contribution in [0.1, 0.15) is 15.9 Å². The molecule has 0 aliphatic rings. The number of amides is 1. The Morgan fingerprint density at radius 3 is 2.15 bits per heavy atom. The van der Waals surface area contributed by atoms with Gasteiger partial charge in [0.15, 0.2) is 0 Å². The van der Waals surface area contributed by atoms with Gasteiger partial charge in [-0.3, -0.25) is 10.2 Å². The van der Waals surface area contributed by atoms with Gasteiger partial charge < -0.3 is 11.5 Å². The molecule has 1 aromatic carbocycles. The summed E-state index contributed by atoms with van der Waals surface area (Å²) in [6, 6.07) is 3.07. The van der Waals surface area contributed by atoms with Crippen LogP contribution in [0.5, 0.6) is 0 Å². The number of carbonyl (C=O) groups is 1. The number of hydrogen-bond acceptors (Lipinski definition) is 4. The molecule has 0 spiro atoms. The number of hydrazine groups is 1. The van der Waals surface area contributed by atoms with E-state index in [1.165, 1.54) is 12.1 Å². The van der Waals surface area contributed by atoms with Gasteiger partial charge in [-0.05, 0) is 24.6 Å². The second kappa shape index (κ2) is 3.32. The predicted octanol–water partition coefficient (Wildman–Crippen LogP) is -0.237. The highest BCUT2D eigenvalue weighted by Gasteiger charge is 2.07. The molecule has 7 N–H and O–H groups in total. The molecule has 70 valence electrons. The highest BCUT2D eigenvalue weighted by atomic mass is 16.2. The van der Waals surface area contributed by atoms with E-state index in [4.69, 9.17) is 17.3 Å². The fraction of sp³-hybridized carbons (Fsp3) is 0.125. The van der Waals surface area contributed by atoms with E-state index in [0.29, 0.717) is 16.9 Å². The molecule has 0 saturated heterocycles. The van der Waals surface area contributed by atoms with E-state index in [1.54, 1.807) is 6.92 Å². The molecule has 0 unspecified atom stereocenters. The molecule has 0 heterocycles. The molecule has 0 aromatic heterocycles. The molecule has 1 amide bonds. The Kier molecular flexibility index (Phi) is 2.39. The molecule has 0 radical (unpaired) electrons. The Balaban J connectivity index is 3.20. The van der Waals surface area contributed by atoms with Gasteiger partial charge in [-0.25, -0.2) is 5.84 Å². The van der Waals surface area contributed by atoms with Crippen LogP contribution in [0.25, 0.3) is 0 Å². The maximum atomic E-state index is 11.1. The highest BCUT2D eigenvalue weighted by molar-refractivity contribution is 5.96. The van der Waals surface area contributed by atoms with Crippen LogP contribution >= 0.6 is 0 Å². The average molecular weight is 180 g/mol. The number of rotatable bonds is 1. The third kappa shape index (κ3) is 1.70. The number of hydrogen-bond donors (Lipinski definition) is 4. The minimum atomic E-state index is -0.404. The first-order valence-corrected chi connectivity index (χ1v) is 3.72. The Hall–Kier alpha value is -1.75. The van der Waals surface area contributed by atoms with Crippen LogP contribution in [0.4, 0.5) is 11.4 Å². The van der Waals surface area contributed by atoms with Crippen molar-refractivity contribution < 1.29 is 4.79 Å². The standard InChI is InChI=1S/C8H12N4O/c1-4-6(9)2-5(3-7(4)10)8(13)12-11/h2-3H,9-11H2,1H3,(H,12,13). The van der Waals surface area contributed by atoms with E-state index in [1.807, 2.05) is 5.43 Å². The van der Waals surface area contributed by atoms with Gasteiger partial charge in [0.05, 0.1) is 0 Å². The van der Waals surface area contributed by atoms with E-state index < -0.39 is 5.91 Å². The molecule has 5 heteroatoms. The summed E-state index contributed by atoms with van der Waals surface area (Å²) >= 11 is 0. The van der Waals surface area contributed by atoms with Gasteiger partial charge in [0, 0.05) is 16.9 Å². The lowest BCUT2D eigenvalue weighted by molar-refractivity contribution is 0.0953. The average Bonchev–Trinajstić information content (AvgIpc) is 2.12. The van der Waals surface area contributed by atoms with Crippen molar-refractivity contribution >= 4 is 17.3 Å². The van der Waals surface area contributed by atoms with E-state index in [9.17, 15) is 4.79 Å². The van der Waals surface area contributed by atoms with Gasteiger partial charge in [-0.1, -0.05) is 0 Å². The van der Waals surface area contributed by atoms with Crippen molar-refractivity contribution in [3.8, 4) is 0 Å². The largest absolute Gasteiger partial charge is 0.398 e. The number of nitrogen functional groups attached to an aromatic ring is 3. The fourth-order valence-corrected chi connectivity index (χ4v) is 0.974. The quantitative estimate of drug-likeness (QED) is 0.207. The summed E-state index contributed by atoms with van der Waals surface area (Å²) in [7, 11) is 0. The van der Waals surface area contributed by atoms with Crippen molar-refractivity contribution in [2.45, 2.75) is 6.92 Å². The van der Waals surface area contributed by atoms with Crippen LogP contribution in [-0.2, 0) is 0 Å². The van der Waals surface area contributed by atoms with Crippen LogP contribution in [0, 0.1) is 6.92 Å². The molecular formula is C8H12N4O. The molecule has 1 rings (SSSR count). The van der Waals surface area contributed by atoms with Crippen molar-refractivity contribution in [2.75, 3.05) is 11.5 Å². The first-order valence-electron chi connectivity index (χ1n) is 3.72. The summed E-state index contributed by atoms with van der Waals surface area (Å²) in [5.74, 6) is 4.56. The molecule has 13 heavy (non-hydrogen) atoms. The molecule has 0 saturated carbocycles. The van der Waals surface area contributed by atoms with E-state index in [0.717, 1.165) is 5.56 Å². The van der Waals surface area contributed by atoms with Crippen molar-refractivity contribution in [1.82, 2.24) is 5.43 Å². The summed E-state index contributed by atoms with van der Waals surface area (Å²) in [5, 5.41) is 0. The Bertz CT molecular complexity index is 325. The van der Waals surface area contributed by atoms with Gasteiger partial charge in [-0.15, -0.1) is 0 Å². The number of benzene rings is 1. The first kappa shape index (κ1) is 9.34. The highest BCUT2D eigenvalue weighted by Crippen LogP contribution is 2.20. The third-order valence-corrected chi connectivity index (χ3v) is 1.88. The normalized spacial score (nSPS) is 9.69. The summed E-state index contributed by atoms with van der Waals surface area (Å²) in [4.78, 5) is 11.1. The maximum absolute atomic E-state index is 11.1. The Labute approximate surface area is 75.9 Å². The fourth-order valence-electron chi connectivity index (χ4n) is 0.974. The molecule has 5 nitrogen and oxygen atoms in total. The van der Waals surface area contributed by atoms with Crippen LogP contribution in [0.2, 0.25) is 0 Å².